The van der Waals surface area contributed by atoms with E-state index in [0.717, 1.165) is 15.4 Å². The second-order valence-corrected chi connectivity index (χ2v) is 9.49. The highest BCUT2D eigenvalue weighted by Gasteiger charge is 2.28. The van der Waals surface area contributed by atoms with Gasteiger partial charge in [0.05, 0.1) is 16.3 Å². The van der Waals surface area contributed by atoms with Crippen molar-refractivity contribution in [3.05, 3.63) is 88.1 Å². The Morgan fingerprint density at radius 1 is 1.03 bits per heavy atom. The van der Waals surface area contributed by atoms with Gasteiger partial charge >= 0.3 is 0 Å². The number of nitrogens with zero attached hydrogens (tertiary/aromatic N) is 1. The first-order chi connectivity index (χ1) is 14.2. The molecule has 0 unspecified atom stereocenters. The highest BCUT2D eigenvalue weighted by atomic mass is 79.9. The standard InChI is InChI=1S/C22H20BrFN2O3S/c1-15-7-6-10-21(16(15)2)26(30(28,29)18-8-4-3-5-9-18)14-22(27)25-20-12-11-17(23)13-19(20)24/h3-13H,14H2,1-2H3,(H,25,27). The van der Waals surface area contributed by atoms with E-state index in [1.165, 1.54) is 24.3 Å². The van der Waals surface area contributed by atoms with Crippen LogP contribution in [-0.4, -0.2) is 20.9 Å². The number of sulfonamides is 1. The molecule has 0 saturated heterocycles. The third-order valence-electron chi connectivity index (χ3n) is 4.67. The van der Waals surface area contributed by atoms with Crippen LogP contribution in [0, 0.1) is 19.7 Å². The number of carbonyl (C=O) groups is 1. The van der Waals surface area contributed by atoms with Crippen molar-refractivity contribution in [2.45, 2.75) is 18.7 Å². The molecule has 8 heteroatoms. The minimum Gasteiger partial charge on any atom is -0.322 e. The van der Waals surface area contributed by atoms with Crippen molar-refractivity contribution in [1.82, 2.24) is 0 Å². The predicted octanol–water partition coefficient (Wildman–Crippen LogP) is 5.04. The number of halogens is 2. The zero-order valence-corrected chi connectivity index (χ0v) is 18.8. The van der Waals surface area contributed by atoms with Crippen LogP contribution in [0.4, 0.5) is 15.8 Å². The SMILES string of the molecule is Cc1cccc(N(CC(=O)Nc2ccc(Br)cc2F)S(=O)(=O)c2ccccc2)c1C. The van der Waals surface area contributed by atoms with Crippen molar-refractivity contribution >= 4 is 43.2 Å². The van der Waals surface area contributed by atoms with Gasteiger partial charge in [-0.05, 0) is 61.4 Å². The highest BCUT2D eigenvalue weighted by molar-refractivity contribution is 9.10. The molecule has 0 bridgehead atoms. The largest absolute Gasteiger partial charge is 0.322 e. The summed E-state index contributed by atoms with van der Waals surface area (Å²) in [7, 11) is -4.03. The number of rotatable bonds is 6. The van der Waals surface area contributed by atoms with Crippen LogP contribution in [0.3, 0.4) is 0 Å². The van der Waals surface area contributed by atoms with E-state index in [4.69, 9.17) is 0 Å². The van der Waals surface area contributed by atoms with Crippen LogP contribution in [0.25, 0.3) is 0 Å². The number of amides is 1. The quantitative estimate of drug-likeness (QED) is 0.526. The van der Waals surface area contributed by atoms with Crippen LogP contribution in [0.2, 0.25) is 0 Å². The Kier molecular flexibility index (Phi) is 6.58. The number of anilines is 2. The van der Waals surface area contributed by atoms with Crippen molar-refractivity contribution in [2.75, 3.05) is 16.2 Å². The lowest BCUT2D eigenvalue weighted by Gasteiger charge is -2.26. The van der Waals surface area contributed by atoms with Gasteiger partial charge in [-0.1, -0.05) is 46.3 Å². The number of hydrogen-bond donors (Lipinski definition) is 1. The average Bonchev–Trinajstić information content (AvgIpc) is 2.71. The maximum absolute atomic E-state index is 14.1. The number of benzene rings is 3. The zero-order valence-electron chi connectivity index (χ0n) is 16.4. The third kappa shape index (κ3) is 4.71. The normalized spacial score (nSPS) is 11.2. The van der Waals surface area contributed by atoms with Crippen LogP contribution in [0.1, 0.15) is 11.1 Å². The zero-order chi connectivity index (χ0) is 21.9. The summed E-state index contributed by atoms with van der Waals surface area (Å²) in [5, 5.41) is 2.45. The molecule has 0 saturated carbocycles. The van der Waals surface area contributed by atoms with Crippen molar-refractivity contribution < 1.29 is 17.6 Å². The fraction of sp³-hybridized carbons (Fsp3) is 0.136. The van der Waals surface area contributed by atoms with Crippen LogP contribution in [0.5, 0.6) is 0 Å². The lowest BCUT2D eigenvalue weighted by atomic mass is 10.1. The molecule has 0 aromatic heterocycles. The molecule has 0 radical (unpaired) electrons. The predicted molar refractivity (Wildman–Crippen MR) is 120 cm³/mol. The van der Waals surface area contributed by atoms with E-state index in [2.05, 4.69) is 21.2 Å². The number of carbonyl (C=O) groups excluding carboxylic acids is 1. The molecule has 30 heavy (non-hydrogen) atoms. The van der Waals surface area contributed by atoms with Crippen LogP contribution < -0.4 is 9.62 Å². The van der Waals surface area contributed by atoms with Gasteiger partial charge in [0.15, 0.2) is 0 Å². The summed E-state index contributed by atoms with van der Waals surface area (Å²) in [5.74, 6) is -1.28. The molecule has 3 aromatic carbocycles. The Balaban J connectivity index is 1.99. The molecule has 3 aromatic rings. The summed E-state index contributed by atoms with van der Waals surface area (Å²) >= 11 is 3.16. The van der Waals surface area contributed by atoms with Gasteiger partial charge in [0.25, 0.3) is 10.0 Å². The Morgan fingerprint density at radius 2 is 1.73 bits per heavy atom. The molecule has 0 atom stereocenters. The summed E-state index contributed by atoms with van der Waals surface area (Å²) in [6, 6.07) is 17.4. The monoisotopic (exact) mass is 490 g/mol. The summed E-state index contributed by atoms with van der Waals surface area (Å²) in [4.78, 5) is 12.8. The average molecular weight is 491 g/mol. The fourth-order valence-electron chi connectivity index (χ4n) is 2.94. The van der Waals surface area contributed by atoms with E-state index in [0.29, 0.717) is 10.2 Å². The second-order valence-electron chi connectivity index (χ2n) is 6.72. The summed E-state index contributed by atoms with van der Waals surface area (Å²) in [5.41, 5.74) is 1.99. The Hall–Kier alpha value is -2.71. The summed E-state index contributed by atoms with van der Waals surface area (Å²) in [6.07, 6.45) is 0. The van der Waals surface area contributed by atoms with Crippen molar-refractivity contribution in [2.24, 2.45) is 0 Å². The van der Waals surface area contributed by atoms with E-state index in [9.17, 15) is 17.6 Å². The van der Waals surface area contributed by atoms with Gasteiger partial charge in [-0.2, -0.15) is 0 Å². The van der Waals surface area contributed by atoms with E-state index >= 15 is 0 Å². The van der Waals surface area contributed by atoms with Gasteiger partial charge in [0.2, 0.25) is 5.91 Å². The van der Waals surface area contributed by atoms with Crippen LogP contribution in [0.15, 0.2) is 76.1 Å². The molecule has 1 N–H and O–H groups in total. The summed E-state index contributed by atoms with van der Waals surface area (Å²) < 4.78 is 42.4. The van der Waals surface area contributed by atoms with Crippen LogP contribution in [-0.2, 0) is 14.8 Å². The van der Waals surface area contributed by atoms with Crippen LogP contribution >= 0.6 is 15.9 Å². The number of aryl methyl sites for hydroxylation is 1. The molecule has 156 valence electrons. The lowest BCUT2D eigenvalue weighted by molar-refractivity contribution is -0.114. The molecule has 5 nitrogen and oxygen atoms in total. The molecule has 0 aliphatic carbocycles. The fourth-order valence-corrected chi connectivity index (χ4v) is 4.77. The minimum atomic E-state index is -4.03. The Bertz CT molecular complexity index is 1180. The first-order valence-electron chi connectivity index (χ1n) is 9.09. The van der Waals surface area contributed by atoms with Gasteiger partial charge in [-0.15, -0.1) is 0 Å². The van der Waals surface area contributed by atoms with Gasteiger partial charge < -0.3 is 5.32 Å². The van der Waals surface area contributed by atoms with Crippen molar-refractivity contribution in [3.8, 4) is 0 Å². The van der Waals surface area contributed by atoms with Crippen molar-refractivity contribution in [3.63, 3.8) is 0 Å². The molecule has 0 heterocycles. The maximum Gasteiger partial charge on any atom is 0.264 e. The molecule has 0 fully saturated rings. The third-order valence-corrected chi connectivity index (χ3v) is 6.94. The first kappa shape index (κ1) is 22.0. The maximum atomic E-state index is 14.1. The lowest BCUT2D eigenvalue weighted by Crippen LogP contribution is -2.38. The van der Waals surface area contributed by atoms with Gasteiger partial charge in [-0.25, -0.2) is 12.8 Å². The van der Waals surface area contributed by atoms with E-state index in [-0.39, 0.29) is 10.6 Å². The minimum absolute atomic E-state index is 0.0266. The molecule has 0 aliphatic heterocycles. The molecular weight excluding hydrogens is 471 g/mol. The Labute approximate surface area is 183 Å². The molecule has 3 rings (SSSR count). The Morgan fingerprint density at radius 3 is 2.40 bits per heavy atom. The first-order valence-corrected chi connectivity index (χ1v) is 11.3. The smallest absolute Gasteiger partial charge is 0.264 e. The highest BCUT2D eigenvalue weighted by Crippen LogP contribution is 2.29. The van der Waals surface area contributed by atoms with E-state index in [1.807, 2.05) is 13.0 Å². The molecule has 1 amide bonds. The van der Waals surface area contributed by atoms with Crippen molar-refractivity contribution in [1.29, 1.82) is 0 Å². The molecule has 0 spiro atoms. The van der Waals surface area contributed by atoms with Gasteiger partial charge in [0.1, 0.15) is 12.4 Å². The topological polar surface area (TPSA) is 66.5 Å². The molecule has 0 aliphatic rings. The van der Waals surface area contributed by atoms with E-state index in [1.54, 1.807) is 43.3 Å². The number of nitrogens with one attached hydrogen (secondary N) is 1. The number of hydrogen-bond acceptors (Lipinski definition) is 3. The second kappa shape index (κ2) is 8.97. The van der Waals surface area contributed by atoms with E-state index < -0.39 is 28.3 Å². The summed E-state index contributed by atoms with van der Waals surface area (Å²) in [6.45, 7) is 3.16. The molecular formula is C22H20BrFN2O3S. The van der Waals surface area contributed by atoms with Gasteiger partial charge in [-0.3, -0.25) is 9.10 Å². The van der Waals surface area contributed by atoms with Gasteiger partial charge in [0, 0.05) is 4.47 Å².